The summed E-state index contributed by atoms with van der Waals surface area (Å²) in [6, 6.07) is 0.450. The van der Waals surface area contributed by atoms with Crippen molar-refractivity contribution in [3.63, 3.8) is 0 Å². The molecule has 5 nitrogen and oxygen atoms in total. The molecule has 0 aromatic carbocycles. The lowest BCUT2D eigenvalue weighted by Gasteiger charge is -2.38. The molecule has 7 heteroatoms. The topological polar surface area (TPSA) is 67.1 Å². The third-order valence-corrected chi connectivity index (χ3v) is 4.91. The molecule has 2 heterocycles. The average Bonchev–Trinajstić information content (AvgIpc) is 2.34. The maximum absolute atomic E-state index is 5.35. The highest BCUT2D eigenvalue weighted by Gasteiger charge is 2.27. The fraction of sp³-hybridized carbons (Fsp3) is 0.600. The number of aromatic nitrogens is 2. The van der Waals surface area contributed by atoms with E-state index in [9.17, 15) is 0 Å². The van der Waals surface area contributed by atoms with Gasteiger partial charge in [-0.2, -0.15) is 16.7 Å². The lowest BCUT2D eigenvalue weighted by Crippen LogP contribution is -2.45. The van der Waals surface area contributed by atoms with Gasteiger partial charge in [0.1, 0.15) is 5.82 Å². The Balaban J connectivity index is 2.31. The van der Waals surface area contributed by atoms with Crippen LogP contribution >= 0.6 is 27.7 Å². The minimum absolute atomic E-state index is 0.446. The quantitative estimate of drug-likeness (QED) is 0.641. The molecular weight excluding hydrogens is 302 g/mol. The number of nitrogens with two attached hydrogens (primary N) is 1. The molecule has 0 radical (unpaired) electrons. The number of nitrogen functional groups attached to an aromatic ring is 1. The Morgan fingerprint density at radius 2 is 2.35 bits per heavy atom. The van der Waals surface area contributed by atoms with E-state index in [1.807, 2.05) is 11.8 Å². The maximum atomic E-state index is 5.35. The minimum atomic E-state index is 0.446. The van der Waals surface area contributed by atoms with Gasteiger partial charge in [0.2, 0.25) is 5.95 Å². The summed E-state index contributed by atoms with van der Waals surface area (Å²) in [6.45, 7) is 5.47. The van der Waals surface area contributed by atoms with E-state index in [4.69, 9.17) is 5.84 Å². The molecule has 2 rings (SSSR count). The molecule has 0 bridgehead atoms. The molecule has 1 saturated heterocycles. The number of hydrogen-bond acceptors (Lipinski definition) is 6. The highest BCUT2D eigenvalue weighted by Crippen LogP contribution is 2.32. The van der Waals surface area contributed by atoms with E-state index in [1.54, 1.807) is 6.20 Å². The second kappa shape index (κ2) is 5.41. The van der Waals surface area contributed by atoms with Crippen molar-refractivity contribution in [2.45, 2.75) is 25.1 Å². The van der Waals surface area contributed by atoms with Gasteiger partial charge < -0.3 is 4.90 Å². The molecule has 17 heavy (non-hydrogen) atoms. The largest absolute Gasteiger partial charge is 0.351 e. The van der Waals surface area contributed by atoms with E-state index in [2.05, 4.69) is 50.1 Å². The lowest BCUT2D eigenvalue weighted by atomic mass is 10.2. The molecule has 1 aromatic rings. The Labute approximate surface area is 114 Å². The normalized spacial score (nSPS) is 24.8. The third-order valence-electron chi connectivity index (χ3n) is 3.01. The average molecular weight is 318 g/mol. The third kappa shape index (κ3) is 2.66. The molecule has 1 fully saturated rings. The van der Waals surface area contributed by atoms with Crippen LogP contribution in [0.25, 0.3) is 0 Å². The predicted molar refractivity (Wildman–Crippen MR) is 76.3 cm³/mol. The van der Waals surface area contributed by atoms with Gasteiger partial charge in [-0.15, -0.1) is 0 Å². The van der Waals surface area contributed by atoms with Gasteiger partial charge in [0.15, 0.2) is 0 Å². The number of halogens is 1. The first-order valence-electron chi connectivity index (χ1n) is 5.51. The molecule has 0 aliphatic carbocycles. The van der Waals surface area contributed by atoms with Crippen molar-refractivity contribution in [1.82, 2.24) is 9.97 Å². The van der Waals surface area contributed by atoms with E-state index in [-0.39, 0.29) is 0 Å². The van der Waals surface area contributed by atoms with Gasteiger partial charge >= 0.3 is 0 Å². The second-order valence-electron chi connectivity index (χ2n) is 4.02. The first-order valence-corrected chi connectivity index (χ1v) is 7.35. The fourth-order valence-electron chi connectivity index (χ4n) is 1.86. The number of rotatable bonds is 2. The van der Waals surface area contributed by atoms with Crippen LogP contribution in [0.15, 0.2) is 10.7 Å². The molecule has 0 saturated carbocycles. The number of thioether (sulfide) groups is 1. The first kappa shape index (κ1) is 12.9. The molecule has 2 atom stereocenters. The number of anilines is 2. The molecule has 1 aliphatic heterocycles. The first-order chi connectivity index (χ1) is 8.13. The maximum Gasteiger partial charge on any atom is 0.239 e. The van der Waals surface area contributed by atoms with Crippen molar-refractivity contribution in [3.05, 3.63) is 10.7 Å². The van der Waals surface area contributed by atoms with Gasteiger partial charge in [0, 0.05) is 29.8 Å². The van der Waals surface area contributed by atoms with Gasteiger partial charge in [-0.3, -0.25) is 5.43 Å². The SMILES string of the molecule is CC1SCCN(c2nc(NN)ncc2Br)C1C. The molecule has 0 amide bonds. The molecule has 2 unspecified atom stereocenters. The number of hydrogen-bond donors (Lipinski definition) is 2. The van der Waals surface area contributed by atoms with Crippen LogP contribution in [-0.4, -0.2) is 33.6 Å². The molecular formula is C10H16BrN5S. The molecule has 1 aromatic heterocycles. The van der Waals surface area contributed by atoms with E-state index in [1.165, 1.54) is 0 Å². The zero-order valence-electron chi connectivity index (χ0n) is 9.85. The number of nitrogens with one attached hydrogen (secondary N) is 1. The van der Waals surface area contributed by atoms with Crippen LogP contribution in [0.4, 0.5) is 11.8 Å². The number of hydrazine groups is 1. The van der Waals surface area contributed by atoms with Crippen LogP contribution in [0.5, 0.6) is 0 Å². The molecule has 0 spiro atoms. The summed E-state index contributed by atoms with van der Waals surface area (Å²) < 4.78 is 0.905. The Hall–Kier alpha value is -0.530. The highest BCUT2D eigenvalue weighted by atomic mass is 79.9. The molecule has 94 valence electrons. The summed E-state index contributed by atoms with van der Waals surface area (Å²) in [7, 11) is 0. The van der Waals surface area contributed by atoms with Crippen molar-refractivity contribution in [3.8, 4) is 0 Å². The van der Waals surface area contributed by atoms with Crippen LogP contribution in [0.2, 0.25) is 0 Å². The summed E-state index contributed by atoms with van der Waals surface area (Å²) in [4.78, 5) is 10.8. The smallest absolute Gasteiger partial charge is 0.239 e. The minimum Gasteiger partial charge on any atom is -0.351 e. The Kier molecular flexibility index (Phi) is 4.11. The van der Waals surface area contributed by atoms with Crippen LogP contribution in [0.1, 0.15) is 13.8 Å². The van der Waals surface area contributed by atoms with E-state index < -0.39 is 0 Å². The summed E-state index contributed by atoms with van der Waals surface area (Å²) >= 11 is 5.50. The summed E-state index contributed by atoms with van der Waals surface area (Å²) in [5.41, 5.74) is 2.48. The van der Waals surface area contributed by atoms with Crippen molar-refractivity contribution in [1.29, 1.82) is 0 Å². The zero-order valence-corrected chi connectivity index (χ0v) is 12.3. The summed E-state index contributed by atoms with van der Waals surface area (Å²) in [5.74, 6) is 7.82. The van der Waals surface area contributed by atoms with Crippen molar-refractivity contribution < 1.29 is 0 Å². The van der Waals surface area contributed by atoms with E-state index in [0.29, 0.717) is 17.2 Å². The zero-order chi connectivity index (χ0) is 12.4. The number of nitrogens with zero attached hydrogens (tertiary/aromatic N) is 3. The fourth-order valence-corrected chi connectivity index (χ4v) is 3.38. The highest BCUT2D eigenvalue weighted by molar-refractivity contribution is 9.10. The van der Waals surface area contributed by atoms with Gasteiger partial charge in [-0.1, -0.05) is 6.92 Å². The Morgan fingerprint density at radius 3 is 3.06 bits per heavy atom. The Bertz CT molecular complexity index is 402. The van der Waals surface area contributed by atoms with Crippen LogP contribution < -0.4 is 16.2 Å². The van der Waals surface area contributed by atoms with Gasteiger partial charge in [-0.25, -0.2) is 10.8 Å². The van der Waals surface area contributed by atoms with Gasteiger partial charge in [0.05, 0.1) is 4.47 Å². The van der Waals surface area contributed by atoms with Gasteiger partial charge in [0.25, 0.3) is 0 Å². The summed E-state index contributed by atoms with van der Waals surface area (Å²) in [5, 5.41) is 0.597. The predicted octanol–water partition coefficient (Wildman–Crippen LogP) is 1.85. The summed E-state index contributed by atoms with van der Waals surface area (Å²) in [6.07, 6.45) is 1.73. The van der Waals surface area contributed by atoms with Crippen LogP contribution in [0, 0.1) is 0 Å². The van der Waals surface area contributed by atoms with Crippen molar-refractivity contribution in [2.75, 3.05) is 22.6 Å². The second-order valence-corrected chi connectivity index (χ2v) is 6.36. The standard InChI is InChI=1S/C10H16BrN5S/c1-6-7(2)17-4-3-16(6)9-8(11)5-13-10(14-9)15-12/h5-7H,3-4,12H2,1-2H3,(H,13,14,15). The van der Waals surface area contributed by atoms with Crippen LogP contribution in [0.3, 0.4) is 0 Å². The Morgan fingerprint density at radius 1 is 1.59 bits per heavy atom. The van der Waals surface area contributed by atoms with Crippen molar-refractivity contribution in [2.24, 2.45) is 5.84 Å². The van der Waals surface area contributed by atoms with Crippen LogP contribution in [-0.2, 0) is 0 Å². The van der Waals surface area contributed by atoms with E-state index >= 15 is 0 Å². The van der Waals surface area contributed by atoms with Gasteiger partial charge in [-0.05, 0) is 22.9 Å². The van der Waals surface area contributed by atoms with Crippen molar-refractivity contribution >= 4 is 39.5 Å². The lowest BCUT2D eigenvalue weighted by molar-refractivity contribution is 0.618. The van der Waals surface area contributed by atoms with E-state index in [0.717, 1.165) is 22.6 Å². The molecule has 3 N–H and O–H groups in total. The monoisotopic (exact) mass is 317 g/mol. The molecule has 1 aliphatic rings.